The van der Waals surface area contributed by atoms with Gasteiger partial charge in [0.25, 0.3) is 5.89 Å². The number of ether oxygens (including phenoxy) is 2. The number of nitrogens with zero attached hydrogens (tertiary/aromatic N) is 3. The number of rotatable bonds is 9. The van der Waals surface area contributed by atoms with Crippen molar-refractivity contribution in [2.45, 2.75) is 12.8 Å². The molecule has 0 bridgehead atoms. The average molecular weight is 514 g/mol. The summed E-state index contributed by atoms with van der Waals surface area (Å²) in [5, 5.41) is 13.8. The van der Waals surface area contributed by atoms with Crippen LogP contribution in [0.15, 0.2) is 89.5 Å². The van der Waals surface area contributed by atoms with Crippen molar-refractivity contribution in [1.29, 1.82) is 0 Å². The van der Waals surface area contributed by atoms with E-state index in [-0.39, 0.29) is 12.5 Å². The summed E-state index contributed by atoms with van der Waals surface area (Å²) >= 11 is 0. The van der Waals surface area contributed by atoms with Crippen LogP contribution in [0.5, 0.6) is 11.5 Å². The van der Waals surface area contributed by atoms with Gasteiger partial charge in [0, 0.05) is 25.1 Å². The van der Waals surface area contributed by atoms with E-state index in [1.807, 2.05) is 60.7 Å². The van der Waals surface area contributed by atoms with Crippen LogP contribution in [-0.4, -0.2) is 51.9 Å². The fourth-order valence-electron chi connectivity index (χ4n) is 4.54. The van der Waals surface area contributed by atoms with E-state index in [4.69, 9.17) is 14.0 Å². The second-order valence-corrected chi connectivity index (χ2v) is 9.12. The summed E-state index contributed by atoms with van der Waals surface area (Å²) in [6.07, 6.45) is 0.427. The van der Waals surface area contributed by atoms with E-state index < -0.39 is 18.0 Å². The lowest BCUT2D eigenvalue weighted by molar-refractivity contribution is -0.142. The lowest BCUT2D eigenvalue weighted by Crippen LogP contribution is -2.32. The summed E-state index contributed by atoms with van der Waals surface area (Å²) < 4.78 is 16.6. The quantitative estimate of drug-likeness (QED) is 0.342. The maximum atomic E-state index is 12.6. The number of carboxylic acids is 1. The van der Waals surface area contributed by atoms with Gasteiger partial charge in [-0.25, -0.2) is 4.79 Å². The number of benzene rings is 3. The van der Waals surface area contributed by atoms with E-state index in [0.717, 1.165) is 11.1 Å². The Bertz CT molecular complexity index is 1380. The number of carbonyl (C=O) groups is 2. The average Bonchev–Trinajstić information content (AvgIpc) is 3.58. The number of aliphatic carboxylic acids is 1. The van der Waals surface area contributed by atoms with E-state index in [9.17, 15) is 14.7 Å². The third-order valence-corrected chi connectivity index (χ3v) is 6.44. The number of hydrogen-bond acceptors (Lipinski definition) is 7. The molecule has 5 rings (SSSR count). The van der Waals surface area contributed by atoms with Crippen molar-refractivity contribution < 1.29 is 28.7 Å². The minimum Gasteiger partial charge on any atom is -0.493 e. The molecule has 1 aliphatic rings. The van der Waals surface area contributed by atoms with Gasteiger partial charge in [-0.15, -0.1) is 0 Å². The minimum atomic E-state index is -0.924. The highest BCUT2D eigenvalue weighted by atomic mass is 16.6. The molecule has 0 saturated carbocycles. The van der Waals surface area contributed by atoms with Gasteiger partial charge in [-0.1, -0.05) is 53.7 Å². The molecule has 1 saturated heterocycles. The zero-order valence-corrected chi connectivity index (χ0v) is 20.6. The topological polar surface area (TPSA) is 115 Å². The second-order valence-electron chi connectivity index (χ2n) is 9.12. The Balaban J connectivity index is 1.16. The van der Waals surface area contributed by atoms with Crippen molar-refractivity contribution in [3.63, 3.8) is 0 Å². The van der Waals surface area contributed by atoms with Crippen LogP contribution in [0, 0.1) is 11.8 Å². The minimum absolute atomic E-state index is 0.109. The summed E-state index contributed by atoms with van der Waals surface area (Å²) in [6.45, 7) is 0.768. The first-order chi connectivity index (χ1) is 18.5. The SMILES string of the molecule is O=C(O)C1CN(C(=O)Oc2ccccc2)C[C@H]1Cc1cccc(OCCc2noc(-c3ccccc3)n2)c1. The van der Waals surface area contributed by atoms with E-state index in [0.29, 0.717) is 49.2 Å². The maximum absolute atomic E-state index is 12.6. The molecular weight excluding hydrogens is 486 g/mol. The van der Waals surface area contributed by atoms with E-state index in [1.54, 1.807) is 24.3 Å². The van der Waals surface area contributed by atoms with Gasteiger partial charge in [0.2, 0.25) is 0 Å². The van der Waals surface area contributed by atoms with E-state index in [2.05, 4.69) is 10.1 Å². The molecule has 1 amide bonds. The number of amides is 1. The Morgan fingerprint density at radius 1 is 0.947 bits per heavy atom. The van der Waals surface area contributed by atoms with Gasteiger partial charge in [0.15, 0.2) is 5.82 Å². The molecule has 2 atom stereocenters. The van der Waals surface area contributed by atoms with Crippen LogP contribution in [0.1, 0.15) is 11.4 Å². The highest BCUT2D eigenvalue weighted by Gasteiger charge is 2.40. The summed E-state index contributed by atoms with van der Waals surface area (Å²) in [7, 11) is 0. The van der Waals surface area contributed by atoms with Gasteiger partial charge in [-0.2, -0.15) is 4.98 Å². The van der Waals surface area contributed by atoms with Crippen LogP contribution in [-0.2, 0) is 17.6 Å². The Morgan fingerprint density at radius 3 is 2.45 bits per heavy atom. The monoisotopic (exact) mass is 513 g/mol. The number of carbonyl (C=O) groups excluding carboxylic acids is 1. The zero-order chi connectivity index (χ0) is 26.3. The predicted molar refractivity (Wildman–Crippen MR) is 138 cm³/mol. The van der Waals surface area contributed by atoms with Gasteiger partial charge in [-0.3, -0.25) is 4.79 Å². The Kier molecular flexibility index (Phi) is 7.63. The lowest BCUT2D eigenvalue weighted by Gasteiger charge is -2.16. The standard InChI is InChI=1S/C29H27N3O6/c33-28(34)25-19-32(29(35)37-23-11-5-2-6-12-23)18-22(25)16-20-8-7-13-24(17-20)36-15-14-26-30-27(38-31-26)21-9-3-1-4-10-21/h1-13,17,22,25H,14-16,18-19H2,(H,33,34)/t22-,25?/m1/s1. The molecule has 1 N–H and O–H groups in total. The van der Waals surface area contributed by atoms with Crippen molar-refractivity contribution in [3.8, 4) is 23.0 Å². The van der Waals surface area contributed by atoms with Gasteiger partial charge >= 0.3 is 12.1 Å². The van der Waals surface area contributed by atoms with Crippen molar-refractivity contribution in [3.05, 3.63) is 96.3 Å². The highest BCUT2D eigenvalue weighted by Crippen LogP contribution is 2.29. The van der Waals surface area contributed by atoms with Gasteiger partial charge < -0.3 is 24.0 Å². The van der Waals surface area contributed by atoms with Crippen LogP contribution >= 0.6 is 0 Å². The molecule has 1 unspecified atom stereocenters. The Hall–Kier alpha value is -4.66. The third-order valence-electron chi connectivity index (χ3n) is 6.44. The van der Waals surface area contributed by atoms with Crippen molar-refractivity contribution in [2.75, 3.05) is 19.7 Å². The molecule has 9 heteroatoms. The number of likely N-dealkylation sites (tertiary alicyclic amines) is 1. The van der Waals surface area contributed by atoms with Crippen molar-refractivity contribution in [1.82, 2.24) is 15.0 Å². The Labute approximate surface area is 219 Å². The predicted octanol–water partition coefficient (Wildman–Crippen LogP) is 4.73. The number of para-hydroxylation sites is 1. The summed E-state index contributed by atoms with van der Waals surface area (Å²) in [6, 6.07) is 25.9. The van der Waals surface area contributed by atoms with Gasteiger partial charge in [0.1, 0.15) is 11.5 Å². The highest BCUT2D eigenvalue weighted by molar-refractivity contribution is 5.75. The molecule has 0 aliphatic carbocycles. The lowest BCUT2D eigenvalue weighted by atomic mass is 9.90. The molecule has 3 aromatic carbocycles. The number of carboxylic acid groups (broad SMARTS) is 1. The molecule has 9 nitrogen and oxygen atoms in total. The van der Waals surface area contributed by atoms with E-state index >= 15 is 0 Å². The summed E-state index contributed by atoms with van der Waals surface area (Å²) in [4.78, 5) is 30.4. The molecule has 2 heterocycles. The molecule has 1 aliphatic heterocycles. The zero-order valence-electron chi connectivity index (χ0n) is 20.6. The first-order valence-corrected chi connectivity index (χ1v) is 12.4. The normalized spacial score (nSPS) is 16.8. The molecule has 0 radical (unpaired) electrons. The Morgan fingerprint density at radius 2 is 1.68 bits per heavy atom. The van der Waals surface area contributed by atoms with Crippen LogP contribution in [0.3, 0.4) is 0 Å². The first kappa shape index (κ1) is 25.0. The summed E-state index contributed by atoms with van der Waals surface area (Å²) in [5.41, 5.74) is 1.79. The molecule has 0 spiro atoms. The van der Waals surface area contributed by atoms with Gasteiger partial charge in [0.05, 0.1) is 12.5 Å². The van der Waals surface area contributed by atoms with Crippen LogP contribution < -0.4 is 9.47 Å². The van der Waals surface area contributed by atoms with Gasteiger partial charge in [-0.05, 0) is 54.3 Å². The largest absolute Gasteiger partial charge is 0.493 e. The number of aromatic nitrogens is 2. The van der Waals surface area contributed by atoms with Crippen LogP contribution in [0.2, 0.25) is 0 Å². The maximum Gasteiger partial charge on any atom is 0.415 e. The molecular formula is C29H27N3O6. The fraction of sp³-hybridized carbons (Fsp3) is 0.241. The van der Waals surface area contributed by atoms with E-state index in [1.165, 1.54) is 4.90 Å². The molecule has 1 aromatic heterocycles. The molecule has 1 fully saturated rings. The molecule has 4 aromatic rings. The summed E-state index contributed by atoms with van der Waals surface area (Å²) in [5.74, 6) is 0.259. The van der Waals surface area contributed by atoms with Crippen molar-refractivity contribution >= 4 is 12.1 Å². The first-order valence-electron chi connectivity index (χ1n) is 12.4. The molecule has 194 valence electrons. The van der Waals surface area contributed by atoms with Crippen LogP contribution in [0.25, 0.3) is 11.5 Å². The molecule has 38 heavy (non-hydrogen) atoms. The van der Waals surface area contributed by atoms with Crippen LogP contribution in [0.4, 0.5) is 4.79 Å². The third kappa shape index (κ3) is 6.18. The fourth-order valence-corrected chi connectivity index (χ4v) is 4.54. The smallest absolute Gasteiger partial charge is 0.415 e. The second kappa shape index (κ2) is 11.6. The van der Waals surface area contributed by atoms with Crippen molar-refractivity contribution in [2.24, 2.45) is 11.8 Å². The number of hydrogen-bond donors (Lipinski definition) is 1.